The molecule has 1 fully saturated rings. The van der Waals surface area contributed by atoms with E-state index in [4.69, 9.17) is 27.6 Å². The van der Waals surface area contributed by atoms with Crippen molar-refractivity contribution < 1.29 is 9.21 Å². The van der Waals surface area contributed by atoms with Gasteiger partial charge in [-0.3, -0.25) is 14.6 Å². The number of halogens is 2. The Balaban J connectivity index is 1.53. The minimum atomic E-state index is 0.0716. The molecule has 1 aliphatic heterocycles. The second kappa shape index (κ2) is 8.81. The molecule has 0 radical (unpaired) electrons. The number of nitrogens with one attached hydrogen (secondary N) is 1. The molecule has 1 N–H and O–H groups in total. The molecule has 1 amide bonds. The maximum Gasteiger partial charge on any atom is 0.249 e. The van der Waals surface area contributed by atoms with Crippen LogP contribution in [0.25, 0.3) is 11.5 Å². The van der Waals surface area contributed by atoms with E-state index in [0.29, 0.717) is 47.0 Å². The smallest absolute Gasteiger partial charge is 0.249 e. The number of likely N-dealkylation sites (N-methyl/N-ethyl adjacent to an activating group) is 1. The number of benzene rings is 1. The van der Waals surface area contributed by atoms with Gasteiger partial charge in [-0.2, -0.15) is 0 Å². The highest BCUT2D eigenvalue weighted by Gasteiger charge is 2.21. The first-order valence-corrected chi connectivity index (χ1v) is 9.30. The van der Waals surface area contributed by atoms with Gasteiger partial charge in [-0.05, 0) is 25.1 Å². The Morgan fingerprint density at radius 3 is 2.62 bits per heavy atom. The Bertz CT molecular complexity index is 759. The Hall–Kier alpha value is -1.67. The van der Waals surface area contributed by atoms with Gasteiger partial charge in [-0.25, -0.2) is 0 Å². The normalized spacial score (nSPS) is 16.0. The molecule has 0 aliphatic carbocycles. The number of carbonyl (C=O) groups excluding carboxylic acids is 1. The molecule has 0 saturated carbocycles. The molecule has 7 nitrogen and oxygen atoms in total. The zero-order valence-electron chi connectivity index (χ0n) is 14.5. The minimum absolute atomic E-state index is 0.0716. The minimum Gasteiger partial charge on any atom is -0.419 e. The fourth-order valence-corrected chi connectivity index (χ4v) is 3.33. The molecular weight excluding hydrogens is 377 g/mol. The topological polar surface area (TPSA) is 74.5 Å². The van der Waals surface area contributed by atoms with Gasteiger partial charge in [0.25, 0.3) is 0 Å². The van der Waals surface area contributed by atoms with Gasteiger partial charge in [-0.15, -0.1) is 10.2 Å². The van der Waals surface area contributed by atoms with E-state index in [0.717, 1.165) is 26.2 Å². The van der Waals surface area contributed by atoms with Crippen LogP contribution in [0.15, 0.2) is 22.6 Å². The van der Waals surface area contributed by atoms with E-state index in [-0.39, 0.29) is 5.91 Å². The van der Waals surface area contributed by atoms with E-state index in [1.807, 2.05) is 6.92 Å². The highest BCUT2D eigenvalue weighted by atomic mass is 35.5. The van der Waals surface area contributed by atoms with Crippen LogP contribution >= 0.6 is 23.2 Å². The summed E-state index contributed by atoms with van der Waals surface area (Å²) in [6, 6.07) is 5.15. The average Bonchev–Trinajstić information content (AvgIpc) is 3.05. The van der Waals surface area contributed by atoms with E-state index < -0.39 is 0 Å². The fourth-order valence-electron chi connectivity index (χ4n) is 2.84. The predicted octanol–water partition coefficient (Wildman–Crippen LogP) is 2.30. The van der Waals surface area contributed by atoms with Crippen LogP contribution in [0.1, 0.15) is 12.8 Å². The maximum atomic E-state index is 11.7. The van der Waals surface area contributed by atoms with Crippen molar-refractivity contribution in [2.75, 3.05) is 39.3 Å². The SMILES string of the molecule is CCNC(=O)CN1CCN(Cc2nnc(-c3ccc(Cl)cc3Cl)o2)CC1. The Kier molecular flexibility index (Phi) is 6.48. The van der Waals surface area contributed by atoms with Crippen molar-refractivity contribution >= 4 is 29.1 Å². The standard InChI is InChI=1S/C17H21Cl2N5O2/c1-2-20-15(25)10-23-5-7-24(8-6-23)11-16-21-22-17(26-16)13-4-3-12(18)9-14(13)19/h3-4,9H,2,5-8,10-11H2,1H3,(H,20,25). The molecule has 2 aromatic rings. The van der Waals surface area contributed by atoms with Gasteiger partial charge in [-0.1, -0.05) is 23.2 Å². The van der Waals surface area contributed by atoms with Gasteiger partial charge < -0.3 is 9.73 Å². The van der Waals surface area contributed by atoms with Gasteiger partial charge in [0.15, 0.2) is 0 Å². The molecule has 26 heavy (non-hydrogen) atoms. The molecule has 2 heterocycles. The van der Waals surface area contributed by atoms with Crippen LogP contribution in [0.2, 0.25) is 10.0 Å². The summed E-state index contributed by atoms with van der Waals surface area (Å²) in [4.78, 5) is 16.0. The van der Waals surface area contributed by atoms with Crippen LogP contribution in [-0.4, -0.2) is 65.2 Å². The predicted molar refractivity (Wildman–Crippen MR) is 100 cm³/mol. The number of hydrogen-bond donors (Lipinski definition) is 1. The molecular formula is C17H21Cl2N5O2. The monoisotopic (exact) mass is 397 g/mol. The number of piperazine rings is 1. The average molecular weight is 398 g/mol. The molecule has 0 bridgehead atoms. The number of nitrogens with zero attached hydrogens (tertiary/aromatic N) is 4. The van der Waals surface area contributed by atoms with E-state index in [9.17, 15) is 4.79 Å². The molecule has 1 aliphatic rings. The molecule has 0 spiro atoms. The molecule has 3 rings (SSSR count). The second-order valence-electron chi connectivity index (χ2n) is 6.13. The molecule has 0 atom stereocenters. The maximum absolute atomic E-state index is 11.7. The van der Waals surface area contributed by atoms with Crippen molar-refractivity contribution in [3.8, 4) is 11.5 Å². The third-order valence-corrected chi connectivity index (χ3v) is 4.74. The van der Waals surface area contributed by atoms with E-state index in [1.54, 1.807) is 18.2 Å². The number of rotatable bonds is 6. The molecule has 0 unspecified atom stereocenters. The first-order valence-electron chi connectivity index (χ1n) is 8.54. The lowest BCUT2D eigenvalue weighted by Gasteiger charge is -2.33. The first-order chi connectivity index (χ1) is 12.5. The summed E-state index contributed by atoms with van der Waals surface area (Å²) in [6.45, 7) is 6.97. The lowest BCUT2D eigenvalue weighted by molar-refractivity contribution is -0.122. The quantitative estimate of drug-likeness (QED) is 0.805. The van der Waals surface area contributed by atoms with Crippen LogP contribution in [0.5, 0.6) is 0 Å². The molecule has 1 aromatic heterocycles. The van der Waals surface area contributed by atoms with Crippen molar-refractivity contribution in [2.45, 2.75) is 13.5 Å². The zero-order valence-corrected chi connectivity index (χ0v) is 16.1. The number of aromatic nitrogens is 2. The van der Waals surface area contributed by atoms with Crippen LogP contribution in [-0.2, 0) is 11.3 Å². The summed E-state index contributed by atoms with van der Waals surface area (Å²) in [5, 5.41) is 12.1. The van der Waals surface area contributed by atoms with E-state index >= 15 is 0 Å². The largest absolute Gasteiger partial charge is 0.419 e. The second-order valence-corrected chi connectivity index (χ2v) is 6.97. The number of hydrogen-bond acceptors (Lipinski definition) is 6. The van der Waals surface area contributed by atoms with E-state index in [2.05, 4.69) is 25.3 Å². The summed E-state index contributed by atoms with van der Waals surface area (Å²) in [5.41, 5.74) is 0.668. The van der Waals surface area contributed by atoms with Crippen molar-refractivity contribution in [3.05, 3.63) is 34.1 Å². The van der Waals surface area contributed by atoms with Crippen molar-refractivity contribution in [1.29, 1.82) is 0 Å². The van der Waals surface area contributed by atoms with Crippen LogP contribution in [0, 0.1) is 0 Å². The zero-order chi connectivity index (χ0) is 18.5. The molecule has 140 valence electrons. The van der Waals surface area contributed by atoms with Gasteiger partial charge >= 0.3 is 0 Å². The lowest BCUT2D eigenvalue weighted by atomic mass is 10.2. The Morgan fingerprint density at radius 2 is 1.92 bits per heavy atom. The van der Waals surface area contributed by atoms with Crippen LogP contribution < -0.4 is 5.32 Å². The third-order valence-electron chi connectivity index (χ3n) is 4.19. The highest BCUT2D eigenvalue weighted by Crippen LogP contribution is 2.29. The number of carbonyl (C=O) groups is 1. The fraction of sp³-hybridized carbons (Fsp3) is 0.471. The lowest BCUT2D eigenvalue weighted by Crippen LogP contribution is -2.49. The number of amides is 1. The summed E-state index contributed by atoms with van der Waals surface area (Å²) in [6.07, 6.45) is 0. The molecule has 1 aromatic carbocycles. The Morgan fingerprint density at radius 1 is 1.19 bits per heavy atom. The highest BCUT2D eigenvalue weighted by molar-refractivity contribution is 6.36. The summed E-state index contributed by atoms with van der Waals surface area (Å²) >= 11 is 12.1. The van der Waals surface area contributed by atoms with E-state index in [1.165, 1.54) is 0 Å². The van der Waals surface area contributed by atoms with Gasteiger partial charge in [0.1, 0.15) is 0 Å². The van der Waals surface area contributed by atoms with Crippen molar-refractivity contribution in [2.24, 2.45) is 0 Å². The van der Waals surface area contributed by atoms with Gasteiger partial charge in [0.2, 0.25) is 17.7 Å². The first kappa shape index (κ1) is 19.1. The van der Waals surface area contributed by atoms with Crippen LogP contribution in [0.4, 0.5) is 0 Å². The summed E-state index contributed by atoms with van der Waals surface area (Å²) < 4.78 is 5.75. The molecule has 1 saturated heterocycles. The van der Waals surface area contributed by atoms with Crippen LogP contribution in [0.3, 0.4) is 0 Å². The Labute approximate surface area is 162 Å². The van der Waals surface area contributed by atoms with Gasteiger partial charge in [0, 0.05) is 37.7 Å². The summed E-state index contributed by atoms with van der Waals surface area (Å²) in [5.74, 6) is 1.00. The van der Waals surface area contributed by atoms with Gasteiger partial charge in [0.05, 0.1) is 23.7 Å². The molecule has 9 heteroatoms. The third kappa shape index (κ3) is 4.94. The summed E-state index contributed by atoms with van der Waals surface area (Å²) in [7, 11) is 0. The van der Waals surface area contributed by atoms with Crippen molar-refractivity contribution in [1.82, 2.24) is 25.3 Å². The van der Waals surface area contributed by atoms with Crippen molar-refractivity contribution in [3.63, 3.8) is 0 Å².